The fraction of sp³-hybridized carbons (Fsp3) is 0. The Balaban J connectivity index is -0.0000000267. The second-order valence-electron chi connectivity index (χ2n) is 0.513. The van der Waals surface area contributed by atoms with E-state index in [4.69, 9.17) is 19.2 Å². The summed E-state index contributed by atoms with van der Waals surface area (Å²) in [6, 6.07) is 0. The van der Waals surface area contributed by atoms with E-state index in [1.54, 1.807) is 0 Å². The second kappa shape index (κ2) is 10.9. The molecule has 0 radical (unpaired) electrons. The third-order valence-electron chi connectivity index (χ3n) is 0. The molecule has 0 unspecified atom stereocenters. The Bertz CT molecular complexity index is 57.4. The van der Waals surface area contributed by atoms with E-state index in [0.29, 0.717) is 0 Å². The first kappa shape index (κ1) is 22.7. The van der Waals surface area contributed by atoms with Crippen molar-refractivity contribution in [2.24, 2.45) is 0 Å². The van der Waals surface area contributed by atoms with E-state index >= 15 is 0 Å². The molecule has 0 aromatic heterocycles. The molecule has 4 nitrogen and oxygen atoms in total. The summed E-state index contributed by atoms with van der Waals surface area (Å²) in [5, 5.41) is 0. The monoisotopic (exact) mass is 218 g/mol. The molecule has 0 saturated heterocycles. The predicted molar refractivity (Wildman–Crippen MR) is 31.5 cm³/mol. The van der Waals surface area contributed by atoms with Crippen LogP contribution in [0.4, 0.5) is 0 Å². The van der Waals surface area contributed by atoms with Crippen molar-refractivity contribution in [1.29, 1.82) is 0 Å². The average molecular weight is 218 g/mol. The Morgan fingerprint density at radius 3 is 0.875 bits per heavy atom. The summed E-state index contributed by atoms with van der Waals surface area (Å²) >= 11 is 0. The maximum atomic E-state index is 8.88. The van der Waals surface area contributed by atoms with Crippen molar-refractivity contribution in [3.63, 3.8) is 0 Å². The van der Waals surface area contributed by atoms with Crippen LogP contribution in [0.3, 0.4) is 0 Å². The molecule has 0 spiro atoms. The van der Waals surface area contributed by atoms with Gasteiger partial charge in [-0.25, -0.2) is 4.57 Å². The van der Waals surface area contributed by atoms with Gasteiger partial charge < -0.3 is 14.7 Å². The molecule has 0 fully saturated rings. The summed E-state index contributed by atoms with van der Waals surface area (Å²) in [5.74, 6) is 0. The minimum absolute atomic E-state index is 0. The molecule has 0 aliphatic heterocycles. The summed E-state index contributed by atoms with van der Waals surface area (Å²) in [7, 11) is -4.64. The van der Waals surface area contributed by atoms with E-state index in [-0.39, 0.29) is 113 Å². The van der Waals surface area contributed by atoms with Crippen LogP contribution in [0.2, 0.25) is 0 Å². The largest absolute Gasteiger partial charge is 2.00 e. The predicted octanol–water partition coefficient (Wildman–Crippen LogP) is -2.07. The Kier molecular flexibility index (Phi) is 30.8. The van der Waals surface area contributed by atoms with Crippen molar-refractivity contribution in [2.75, 3.05) is 0 Å². The molecule has 32 valence electrons. The van der Waals surface area contributed by atoms with Crippen molar-refractivity contribution in [2.45, 2.75) is 0 Å². The Morgan fingerprint density at radius 2 is 0.875 bits per heavy atom. The molecule has 0 aliphatic carbocycles. The van der Waals surface area contributed by atoms with Gasteiger partial charge in [-0.2, -0.15) is 0 Å². The van der Waals surface area contributed by atoms with Crippen LogP contribution in [-0.4, -0.2) is 128 Å². The van der Waals surface area contributed by atoms with Crippen LogP contribution in [0.1, 0.15) is 0 Å². The summed E-state index contributed by atoms with van der Waals surface area (Å²) in [5.41, 5.74) is 0. The zero-order valence-electron chi connectivity index (χ0n) is 4.32. The maximum absolute atomic E-state index is 8.88. The summed E-state index contributed by atoms with van der Waals surface area (Å²) in [6.45, 7) is 0. The van der Waals surface area contributed by atoms with Gasteiger partial charge >= 0.3 is 121 Å². The van der Waals surface area contributed by atoms with Gasteiger partial charge in [0.1, 0.15) is 0 Å². The van der Waals surface area contributed by atoms with Crippen LogP contribution in [0.15, 0.2) is 0 Å². The molecule has 3 N–H and O–H groups in total. The normalized spacial score (nSPS) is 7.38. The number of hydrogen-bond donors (Lipinski definition) is 3. The first-order valence-electron chi connectivity index (χ1n) is 0.783. The number of phosphoric acid groups is 1. The van der Waals surface area contributed by atoms with Gasteiger partial charge in [-0.3, -0.25) is 0 Å². The van der Waals surface area contributed by atoms with Crippen molar-refractivity contribution in [3.8, 4) is 0 Å². The van der Waals surface area contributed by atoms with E-state index in [1.807, 2.05) is 0 Å². The Hall–Kier alpha value is 3.89. The van der Waals surface area contributed by atoms with E-state index in [0.717, 1.165) is 0 Å². The van der Waals surface area contributed by atoms with Gasteiger partial charge in [-0.1, -0.05) is 0 Å². The van der Waals surface area contributed by atoms with Crippen LogP contribution in [0.25, 0.3) is 0 Å². The van der Waals surface area contributed by atoms with Crippen LogP contribution < -0.4 is 0 Å². The minimum Gasteiger partial charge on any atom is -0.303 e. The molecule has 8 heavy (non-hydrogen) atoms. The summed E-state index contributed by atoms with van der Waals surface area (Å²) in [4.78, 5) is 21.6. The van der Waals surface area contributed by atoms with Crippen LogP contribution in [-0.2, 0) is 4.57 Å². The fourth-order valence-electron chi connectivity index (χ4n) is 0. The van der Waals surface area contributed by atoms with Gasteiger partial charge in [0, 0.05) is 0 Å². The van der Waals surface area contributed by atoms with Gasteiger partial charge in [0.2, 0.25) is 0 Å². The van der Waals surface area contributed by atoms with E-state index in [1.165, 1.54) is 0 Å². The standard InChI is InChI=1S/3Ca.H3O4P/c;;;1-5(2,3)4/h;;;(H3,1,2,3,4)/q3*+2;. The van der Waals surface area contributed by atoms with Crippen LogP contribution in [0, 0.1) is 0 Å². The molecule has 0 saturated carbocycles. The van der Waals surface area contributed by atoms with Crippen LogP contribution >= 0.6 is 7.82 Å². The molecule has 8 heteroatoms. The summed E-state index contributed by atoms with van der Waals surface area (Å²) in [6.07, 6.45) is 0. The van der Waals surface area contributed by atoms with Crippen molar-refractivity contribution in [3.05, 3.63) is 0 Å². The molecule has 0 atom stereocenters. The van der Waals surface area contributed by atoms with Gasteiger partial charge in [-0.05, 0) is 0 Å². The van der Waals surface area contributed by atoms with Gasteiger partial charge in [0.15, 0.2) is 0 Å². The topological polar surface area (TPSA) is 77.8 Å². The molecule has 0 bridgehead atoms. The molecule has 0 aromatic rings. The second-order valence-corrected chi connectivity index (χ2v) is 1.54. The maximum Gasteiger partial charge on any atom is 2.00 e. The fourth-order valence-corrected chi connectivity index (χ4v) is 0. The van der Waals surface area contributed by atoms with E-state index in [2.05, 4.69) is 0 Å². The molecular weight excluding hydrogens is 215 g/mol. The molecular formula is H3Ca3O4P+6. The summed E-state index contributed by atoms with van der Waals surface area (Å²) < 4.78 is 8.88. The third kappa shape index (κ3) is 51.7. The van der Waals surface area contributed by atoms with Crippen molar-refractivity contribution < 1.29 is 19.2 Å². The number of rotatable bonds is 0. The molecule has 0 amide bonds. The zero-order chi connectivity index (χ0) is 4.50. The minimum atomic E-state index is -4.64. The first-order chi connectivity index (χ1) is 2.00. The van der Waals surface area contributed by atoms with Gasteiger partial charge in [-0.15, -0.1) is 0 Å². The Morgan fingerprint density at radius 1 is 0.875 bits per heavy atom. The van der Waals surface area contributed by atoms with E-state index < -0.39 is 7.82 Å². The molecule has 0 rings (SSSR count). The van der Waals surface area contributed by atoms with E-state index in [9.17, 15) is 0 Å². The SMILES string of the molecule is O=P(O)(O)O.[Ca+2].[Ca+2].[Ca+2]. The third-order valence-corrected chi connectivity index (χ3v) is 0. The molecule has 0 heterocycles. The van der Waals surface area contributed by atoms with Crippen molar-refractivity contribution >= 4 is 121 Å². The first-order valence-corrected chi connectivity index (χ1v) is 2.35. The average Bonchev–Trinajstić information content (AvgIpc) is 0.722. The van der Waals surface area contributed by atoms with Crippen LogP contribution in [0.5, 0.6) is 0 Å². The van der Waals surface area contributed by atoms with Gasteiger partial charge in [0.05, 0.1) is 0 Å². The van der Waals surface area contributed by atoms with Gasteiger partial charge in [0.25, 0.3) is 0 Å². The number of hydrogen-bond acceptors (Lipinski definition) is 1. The smallest absolute Gasteiger partial charge is 0.303 e. The Labute approximate surface area is 137 Å². The van der Waals surface area contributed by atoms with Crippen molar-refractivity contribution in [1.82, 2.24) is 0 Å². The zero-order valence-corrected chi connectivity index (χ0v) is 11.8. The quantitative estimate of drug-likeness (QED) is 0.322. The molecule has 0 aliphatic rings. The molecule has 0 aromatic carbocycles.